The monoisotopic (exact) mass is 203 g/mol. The lowest BCUT2D eigenvalue weighted by atomic mass is 10.0. The molecular weight excluding hydrogens is 178 g/mol. The highest BCUT2D eigenvalue weighted by atomic mass is 16.3. The number of hydrogen-bond acceptors (Lipinski definition) is 4. The number of aliphatic hydroxyl groups is 1. The van der Waals surface area contributed by atoms with E-state index in [2.05, 4.69) is 30.9 Å². The van der Waals surface area contributed by atoms with Crippen LogP contribution in [0.3, 0.4) is 0 Å². The summed E-state index contributed by atoms with van der Waals surface area (Å²) in [7, 11) is 6.18. The highest BCUT2D eigenvalue weighted by molar-refractivity contribution is 4.74. The highest BCUT2D eigenvalue weighted by Gasteiger charge is 2.17. The maximum absolute atomic E-state index is 9.69. The van der Waals surface area contributed by atoms with Gasteiger partial charge in [0.25, 0.3) is 0 Å². The summed E-state index contributed by atoms with van der Waals surface area (Å²) in [5.74, 6) is 0. The van der Waals surface area contributed by atoms with Crippen molar-refractivity contribution in [3.05, 3.63) is 0 Å². The van der Waals surface area contributed by atoms with Gasteiger partial charge >= 0.3 is 0 Å². The molecule has 4 nitrogen and oxygen atoms in total. The SMILES string of the molecule is CN(C)CCN(C)CCC(C)(O)CN. The number of hydrogen-bond donors (Lipinski definition) is 2. The maximum Gasteiger partial charge on any atom is 0.0753 e. The van der Waals surface area contributed by atoms with Crippen LogP contribution >= 0.6 is 0 Å². The molecule has 0 radical (unpaired) electrons. The van der Waals surface area contributed by atoms with Crippen molar-refractivity contribution in [2.45, 2.75) is 18.9 Å². The van der Waals surface area contributed by atoms with Crippen LogP contribution in [0.5, 0.6) is 0 Å². The largest absolute Gasteiger partial charge is 0.389 e. The van der Waals surface area contributed by atoms with E-state index in [4.69, 9.17) is 5.73 Å². The maximum atomic E-state index is 9.69. The van der Waals surface area contributed by atoms with Crippen molar-refractivity contribution in [2.24, 2.45) is 5.73 Å². The van der Waals surface area contributed by atoms with E-state index in [-0.39, 0.29) is 0 Å². The van der Waals surface area contributed by atoms with Gasteiger partial charge in [-0.1, -0.05) is 0 Å². The Balaban J connectivity index is 3.58. The fourth-order valence-corrected chi connectivity index (χ4v) is 1.02. The summed E-state index contributed by atoms with van der Waals surface area (Å²) >= 11 is 0. The van der Waals surface area contributed by atoms with E-state index < -0.39 is 5.60 Å². The van der Waals surface area contributed by atoms with E-state index in [1.807, 2.05) is 0 Å². The molecule has 0 aromatic heterocycles. The molecule has 0 spiro atoms. The Bertz CT molecular complexity index is 148. The van der Waals surface area contributed by atoms with E-state index in [9.17, 15) is 5.11 Å². The zero-order valence-corrected chi connectivity index (χ0v) is 9.95. The molecule has 4 heteroatoms. The Morgan fingerprint density at radius 1 is 1.14 bits per heavy atom. The molecule has 0 heterocycles. The van der Waals surface area contributed by atoms with Crippen molar-refractivity contribution >= 4 is 0 Å². The molecule has 0 aromatic rings. The summed E-state index contributed by atoms with van der Waals surface area (Å²) in [6, 6.07) is 0. The normalized spacial score (nSPS) is 16.3. The lowest BCUT2D eigenvalue weighted by Gasteiger charge is -2.25. The molecule has 0 bridgehead atoms. The molecule has 0 rings (SSSR count). The summed E-state index contributed by atoms with van der Waals surface area (Å²) in [5, 5.41) is 9.69. The standard InChI is InChI=1S/C10H25N3O/c1-10(14,9-11)5-6-13(4)8-7-12(2)3/h14H,5-9,11H2,1-4H3. The third-order valence-corrected chi connectivity index (χ3v) is 2.40. The quantitative estimate of drug-likeness (QED) is 0.590. The van der Waals surface area contributed by atoms with Gasteiger partial charge in [-0.25, -0.2) is 0 Å². The van der Waals surface area contributed by atoms with Crippen molar-refractivity contribution < 1.29 is 5.11 Å². The summed E-state index contributed by atoms with van der Waals surface area (Å²) in [6.07, 6.45) is 0.730. The molecule has 1 unspecified atom stereocenters. The first-order valence-corrected chi connectivity index (χ1v) is 5.13. The molecule has 0 aliphatic rings. The summed E-state index contributed by atoms with van der Waals surface area (Å²) in [4.78, 5) is 4.36. The third-order valence-electron chi connectivity index (χ3n) is 2.40. The van der Waals surface area contributed by atoms with Crippen LogP contribution in [0.2, 0.25) is 0 Å². The zero-order valence-electron chi connectivity index (χ0n) is 9.95. The predicted molar refractivity (Wildman–Crippen MR) is 60.3 cm³/mol. The first kappa shape index (κ1) is 13.8. The Labute approximate surface area is 87.7 Å². The van der Waals surface area contributed by atoms with Gasteiger partial charge in [0, 0.05) is 26.2 Å². The predicted octanol–water partition coefficient (Wildman–Crippen LogP) is -0.420. The molecule has 3 N–H and O–H groups in total. The number of nitrogens with two attached hydrogens (primary N) is 1. The van der Waals surface area contributed by atoms with Gasteiger partial charge in [-0.15, -0.1) is 0 Å². The summed E-state index contributed by atoms with van der Waals surface area (Å²) in [6.45, 7) is 5.06. The second-order valence-corrected chi connectivity index (χ2v) is 4.56. The molecule has 0 aliphatic carbocycles. The van der Waals surface area contributed by atoms with Gasteiger partial charge in [0.1, 0.15) is 0 Å². The molecule has 86 valence electrons. The van der Waals surface area contributed by atoms with Crippen molar-refractivity contribution in [1.29, 1.82) is 0 Å². The summed E-state index contributed by atoms with van der Waals surface area (Å²) in [5.41, 5.74) is 4.72. The van der Waals surface area contributed by atoms with Gasteiger partial charge < -0.3 is 20.6 Å². The average Bonchev–Trinajstić information content (AvgIpc) is 2.11. The molecule has 0 fully saturated rings. The van der Waals surface area contributed by atoms with Crippen LogP contribution in [0.1, 0.15) is 13.3 Å². The average molecular weight is 203 g/mol. The van der Waals surface area contributed by atoms with Crippen LogP contribution in [0.15, 0.2) is 0 Å². The van der Waals surface area contributed by atoms with Crippen molar-refractivity contribution in [1.82, 2.24) is 9.80 Å². The minimum absolute atomic E-state index is 0.328. The minimum Gasteiger partial charge on any atom is -0.389 e. The molecule has 0 amide bonds. The molecule has 14 heavy (non-hydrogen) atoms. The minimum atomic E-state index is -0.716. The topological polar surface area (TPSA) is 52.7 Å². The van der Waals surface area contributed by atoms with Crippen LogP contribution < -0.4 is 5.73 Å². The van der Waals surface area contributed by atoms with Gasteiger partial charge in [-0.05, 0) is 34.5 Å². The Hall–Kier alpha value is -0.160. The van der Waals surface area contributed by atoms with Crippen LogP contribution in [0, 0.1) is 0 Å². The van der Waals surface area contributed by atoms with E-state index in [0.29, 0.717) is 6.54 Å². The third kappa shape index (κ3) is 7.26. The second-order valence-electron chi connectivity index (χ2n) is 4.56. The lowest BCUT2D eigenvalue weighted by molar-refractivity contribution is 0.0499. The molecular formula is C10H25N3O. The fraction of sp³-hybridized carbons (Fsp3) is 1.00. The number of rotatable bonds is 7. The molecule has 0 aromatic carbocycles. The fourth-order valence-electron chi connectivity index (χ4n) is 1.02. The summed E-state index contributed by atoms with van der Waals surface area (Å²) < 4.78 is 0. The highest BCUT2D eigenvalue weighted by Crippen LogP contribution is 2.06. The van der Waals surface area contributed by atoms with E-state index in [1.54, 1.807) is 6.92 Å². The van der Waals surface area contributed by atoms with Crippen molar-refractivity contribution in [3.8, 4) is 0 Å². The molecule has 1 atom stereocenters. The van der Waals surface area contributed by atoms with Gasteiger partial charge in [0.2, 0.25) is 0 Å². The van der Waals surface area contributed by atoms with Gasteiger partial charge in [-0.3, -0.25) is 0 Å². The lowest BCUT2D eigenvalue weighted by Crippen LogP contribution is -2.39. The zero-order chi connectivity index (χ0) is 11.2. The Morgan fingerprint density at radius 2 is 1.71 bits per heavy atom. The van der Waals surface area contributed by atoms with Gasteiger partial charge in [-0.2, -0.15) is 0 Å². The molecule has 0 saturated carbocycles. The number of nitrogens with zero attached hydrogens (tertiary/aromatic N) is 2. The van der Waals surface area contributed by atoms with Crippen molar-refractivity contribution in [3.63, 3.8) is 0 Å². The molecule has 0 saturated heterocycles. The Kier molecular flexibility index (Phi) is 6.27. The smallest absolute Gasteiger partial charge is 0.0753 e. The van der Waals surface area contributed by atoms with Crippen LogP contribution in [0.4, 0.5) is 0 Å². The number of likely N-dealkylation sites (N-methyl/N-ethyl adjacent to an activating group) is 2. The van der Waals surface area contributed by atoms with Gasteiger partial charge in [0.05, 0.1) is 5.60 Å². The molecule has 0 aliphatic heterocycles. The van der Waals surface area contributed by atoms with Crippen LogP contribution in [-0.2, 0) is 0 Å². The second kappa shape index (κ2) is 6.35. The van der Waals surface area contributed by atoms with E-state index in [1.165, 1.54) is 0 Å². The van der Waals surface area contributed by atoms with Gasteiger partial charge in [0.15, 0.2) is 0 Å². The van der Waals surface area contributed by atoms with E-state index in [0.717, 1.165) is 26.1 Å². The van der Waals surface area contributed by atoms with Crippen LogP contribution in [-0.4, -0.2) is 67.8 Å². The first-order chi connectivity index (χ1) is 6.37. The van der Waals surface area contributed by atoms with E-state index >= 15 is 0 Å². The van der Waals surface area contributed by atoms with Crippen molar-refractivity contribution in [2.75, 3.05) is 47.3 Å². The van der Waals surface area contributed by atoms with Crippen LogP contribution in [0.25, 0.3) is 0 Å². The Morgan fingerprint density at radius 3 is 2.14 bits per heavy atom. The first-order valence-electron chi connectivity index (χ1n) is 5.13.